The molecule has 1 atom stereocenters. The largest absolute Gasteiger partial charge is 0.481 e. The molecule has 1 unspecified atom stereocenters. The third kappa shape index (κ3) is 6.72. The lowest BCUT2D eigenvalue weighted by Crippen LogP contribution is -2.45. The summed E-state index contributed by atoms with van der Waals surface area (Å²) in [6, 6.07) is -0.631. The first-order valence-corrected chi connectivity index (χ1v) is 5.67. The minimum Gasteiger partial charge on any atom is -0.481 e. The highest BCUT2D eigenvalue weighted by molar-refractivity contribution is 5.83. The zero-order chi connectivity index (χ0) is 14.3. The number of carboxylic acids is 1. The fourth-order valence-corrected chi connectivity index (χ4v) is 1.15. The molecular formula is C11H21N3O4. The molecule has 18 heavy (non-hydrogen) atoms. The maximum Gasteiger partial charge on any atom is 0.317 e. The van der Waals surface area contributed by atoms with E-state index in [1.807, 2.05) is 0 Å². The minimum absolute atomic E-state index is 0.00178. The van der Waals surface area contributed by atoms with Crippen molar-refractivity contribution in [1.29, 1.82) is 0 Å². The zero-order valence-electron chi connectivity index (χ0n) is 11.3. The Balaban J connectivity index is 4.07. The van der Waals surface area contributed by atoms with Crippen molar-refractivity contribution in [3.8, 4) is 0 Å². The summed E-state index contributed by atoms with van der Waals surface area (Å²) in [4.78, 5) is 36.1. The molecule has 0 saturated heterocycles. The van der Waals surface area contributed by atoms with Crippen molar-refractivity contribution in [3.63, 3.8) is 0 Å². The molecule has 2 N–H and O–H groups in total. The monoisotopic (exact) mass is 259 g/mol. The molecule has 0 spiro atoms. The first kappa shape index (κ1) is 16.2. The van der Waals surface area contributed by atoms with Crippen molar-refractivity contribution in [2.45, 2.75) is 25.8 Å². The van der Waals surface area contributed by atoms with Crippen LogP contribution in [0.1, 0.15) is 19.8 Å². The van der Waals surface area contributed by atoms with Gasteiger partial charge in [0.1, 0.15) is 6.54 Å². The molecule has 3 amide bonds. The van der Waals surface area contributed by atoms with Crippen LogP contribution in [0.2, 0.25) is 0 Å². The summed E-state index contributed by atoms with van der Waals surface area (Å²) in [5.74, 6) is -1.07. The number of likely N-dealkylation sites (N-methyl/N-ethyl adjacent to an activating group) is 2. The van der Waals surface area contributed by atoms with Crippen LogP contribution >= 0.6 is 0 Å². The van der Waals surface area contributed by atoms with Crippen LogP contribution < -0.4 is 5.32 Å². The van der Waals surface area contributed by atoms with E-state index in [0.29, 0.717) is 6.42 Å². The van der Waals surface area contributed by atoms with E-state index in [0.717, 1.165) is 0 Å². The molecule has 0 rings (SSSR count). The molecule has 0 radical (unpaired) electrons. The van der Waals surface area contributed by atoms with Crippen molar-refractivity contribution >= 4 is 17.9 Å². The van der Waals surface area contributed by atoms with Crippen LogP contribution in [0, 0.1) is 0 Å². The lowest BCUT2D eigenvalue weighted by Gasteiger charge is -2.22. The van der Waals surface area contributed by atoms with E-state index in [4.69, 9.17) is 5.11 Å². The molecule has 0 aliphatic heterocycles. The second kappa shape index (κ2) is 7.52. The van der Waals surface area contributed by atoms with E-state index in [1.165, 1.54) is 16.8 Å². The maximum atomic E-state index is 11.7. The van der Waals surface area contributed by atoms with Crippen LogP contribution in [-0.2, 0) is 9.59 Å². The van der Waals surface area contributed by atoms with Gasteiger partial charge in [0, 0.05) is 33.6 Å². The number of urea groups is 1. The predicted molar refractivity (Wildman–Crippen MR) is 66.2 cm³/mol. The zero-order valence-corrected chi connectivity index (χ0v) is 11.3. The third-order valence-electron chi connectivity index (χ3n) is 2.38. The highest BCUT2D eigenvalue weighted by atomic mass is 16.4. The van der Waals surface area contributed by atoms with Crippen LogP contribution in [-0.4, -0.2) is 66.5 Å². The molecule has 0 aliphatic rings. The Hall–Kier alpha value is -1.79. The molecule has 0 aromatic carbocycles. The van der Waals surface area contributed by atoms with Crippen molar-refractivity contribution in [2.75, 3.05) is 27.7 Å². The fraction of sp³-hybridized carbons (Fsp3) is 0.727. The topological polar surface area (TPSA) is 90.0 Å². The van der Waals surface area contributed by atoms with E-state index in [2.05, 4.69) is 5.32 Å². The van der Waals surface area contributed by atoms with Gasteiger partial charge >= 0.3 is 12.0 Å². The van der Waals surface area contributed by atoms with Crippen LogP contribution in [0.5, 0.6) is 0 Å². The Morgan fingerprint density at radius 3 is 2.22 bits per heavy atom. The molecule has 0 aromatic rings. The van der Waals surface area contributed by atoms with Gasteiger partial charge in [0.2, 0.25) is 5.91 Å². The third-order valence-corrected chi connectivity index (χ3v) is 2.38. The number of hydrogen-bond acceptors (Lipinski definition) is 3. The normalized spacial score (nSPS) is 11.6. The summed E-state index contributed by atoms with van der Waals surface area (Å²) < 4.78 is 0. The number of nitrogens with one attached hydrogen (secondary N) is 1. The van der Waals surface area contributed by atoms with E-state index in [1.54, 1.807) is 21.0 Å². The minimum atomic E-state index is -0.896. The quantitative estimate of drug-likeness (QED) is 0.701. The SMILES string of the molecule is CC(CCC(=O)O)NC(=O)N(C)CC(=O)N(C)C. The number of nitrogens with zero attached hydrogens (tertiary/aromatic N) is 2. The second-order valence-electron chi connectivity index (χ2n) is 4.43. The summed E-state index contributed by atoms with van der Waals surface area (Å²) >= 11 is 0. The van der Waals surface area contributed by atoms with Gasteiger partial charge < -0.3 is 20.2 Å². The van der Waals surface area contributed by atoms with Crippen LogP contribution in [0.3, 0.4) is 0 Å². The summed E-state index contributed by atoms with van der Waals surface area (Å²) in [5.41, 5.74) is 0. The van der Waals surface area contributed by atoms with E-state index in [-0.39, 0.29) is 30.9 Å². The summed E-state index contributed by atoms with van der Waals surface area (Å²) in [6.45, 7) is 1.72. The molecule has 7 nitrogen and oxygen atoms in total. The molecule has 0 aliphatic carbocycles. The summed E-state index contributed by atoms with van der Waals surface area (Å²) in [7, 11) is 4.74. The van der Waals surface area contributed by atoms with Gasteiger partial charge in [0.15, 0.2) is 0 Å². The van der Waals surface area contributed by atoms with Crippen molar-refractivity contribution in [1.82, 2.24) is 15.1 Å². The van der Waals surface area contributed by atoms with E-state index < -0.39 is 5.97 Å². The highest BCUT2D eigenvalue weighted by Crippen LogP contribution is 1.98. The van der Waals surface area contributed by atoms with Gasteiger partial charge in [-0.1, -0.05) is 0 Å². The van der Waals surface area contributed by atoms with E-state index in [9.17, 15) is 14.4 Å². The number of aliphatic carboxylic acids is 1. The molecular weight excluding hydrogens is 238 g/mol. The number of carbonyl (C=O) groups is 3. The first-order valence-electron chi connectivity index (χ1n) is 5.67. The van der Waals surface area contributed by atoms with Gasteiger partial charge in [0.05, 0.1) is 0 Å². The fourth-order valence-electron chi connectivity index (χ4n) is 1.15. The van der Waals surface area contributed by atoms with Gasteiger partial charge in [-0.15, -0.1) is 0 Å². The summed E-state index contributed by atoms with van der Waals surface area (Å²) in [5, 5.41) is 11.1. The predicted octanol–water partition coefficient (Wildman–Crippen LogP) is -0.0307. The molecule has 7 heteroatoms. The highest BCUT2D eigenvalue weighted by Gasteiger charge is 2.16. The molecule has 0 saturated carbocycles. The van der Waals surface area contributed by atoms with Crippen molar-refractivity contribution in [3.05, 3.63) is 0 Å². The average Bonchev–Trinajstić information content (AvgIpc) is 2.25. The van der Waals surface area contributed by atoms with Crippen molar-refractivity contribution < 1.29 is 19.5 Å². The molecule has 0 aromatic heterocycles. The summed E-state index contributed by atoms with van der Waals surface area (Å²) in [6.07, 6.45) is 0.359. The van der Waals surface area contributed by atoms with Gasteiger partial charge in [0.25, 0.3) is 0 Å². The molecule has 0 bridgehead atoms. The smallest absolute Gasteiger partial charge is 0.317 e. The Kier molecular flexibility index (Phi) is 6.77. The number of rotatable bonds is 6. The standard InChI is InChI=1S/C11H21N3O4/c1-8(5-6-10(16)17)12-11(18)14(4)7-9(15)13(2)3/h8H,5-7H2,1-4H3,(H,12,18)(H,16,17). The number of hydrogen-bond donors (Lipinski definition) is 2. The molecule has 0 fully saturated rings. The molecule has 104 valence electrons. The first-order chi connectivity index (χ1) is 8.23. The van der Waals surface area contributed by atoms with Crippen LogP contribution in [0.4, 0.5) is 4.79 Å². The lowest BCUT2D eigenvalue weighted by atomic mass is 10.2. The van der Waals surface area contributed by atoms with Gasteiger partial charge in [-0.25, -0.2) is 4.79 Å². The Morgan fingerprint density at radius 2 is 1.78 bits per heavy atom. The Morgan fingerprint density at radius 1 is 1.22 bits per heavy atom. The van der Waals surface area contributed by atoms with Crippen LogP contribution in [0.15, 0.2) is 0 Å². The van der Waals surface area contributed by atoms with Gasteiger partial charge in [-0.3, -0.25) is 9.59 Å². The number of carboxylic acid groups (broad SMARTS) is 1. The Labute approximate surface area is 107 Å². The number of amides is 3. The lowest BCUT2D eigenvalue weighted by molar-refractivity contribution is -0.137. The van der Waals surface area contributed by atoms with Gasteiger partial charge in [-0.05, 0) is 13.3 Å². The van der Waals surface area contributed by atoms with Gasteiger partial charge in [-0.2, -0.15) is 0 Å². The van der Waals surface area contributed by atoms with Crippen molar-refractivity contribution in [2.24, 2.45) is 0 Å². The number of carbonyl (C=O) groups excluding carboxylic acids is 2. The second-order valence-corrected chi connectivity index (χ2v) is 4.43. The average molecular weight is 259 g/mol. The maximum absolute atomic E-state index is 11.7. The van der Waals surface area contributed by atoms with Crippen LogP contribution in [0.25, 0.3) is 0 Å². The van der Waals surface area contributed by atoms with E-state index >= 15 is 0 Å². The Bertz CT molecular complexity index is 317. The molecule has 0 heterocycles.